The number of thiazole rings is 1. The summed E-state index contributed by atoms with van der Waals surface area (Å²) in [6.45, 7) is 9.13. The summed E-state index contributed by atoms with van der Waals surface area (Å²) in [4.78, 5) is 7.43. The first-order valence-corrected chi connectivity index (χ1v) is 15.4. The van der Waals surface area contributed by atoms with Crippen LogP contribution in [0.5, 0.6) is 0 Å². The summed E-state index contributed by atoms with van der Waals surface area (Å²) in [7, 11) is 0. The fraction of sp³-hybridized carbons (Fsp3) is 0.184. The van der Waals surface area contributed by atoms with E-state index in [1.165, 1.54) is 60.7 Å². The smallest absolute Gasteiger partial charge is 0.124 e. The van der Waals surface area contributed by atoms with Gasteiger partial charge in [0.15, 0.2) is 0 Å². The quantitative estimate of drug-likeness (QED) is 0.205. The molecule has 0 saturated heterocycles. The third kappa shape index (κ3) is 4.02. The van der Waals surface area contributed by atoms with Gasteiger partial charge in [0.25, 0.3) is 0 Å². The number of hydrogen-bond acceptors (Lipinski definition) is 3. The van der Waals surface area contributed by atoms with Crippen molar-refractivity contribution in [1.82, 2.24) is 4.98 Å². The molecule has 0 amide bonds. The highest BCUT2D eigenvalue weighted by Gasteiger charge is 2.41. The molecule has 0 spiro atoms. The van der Waals surface area contributed by atoms with E-state index in [1.807, 2.05) is 0 Å². The van der Waals surface area contributed by atoms with E-state index in [1.54, 1.807) is 11.3 Å². The molecule has 0 N–H and O–H groups in total. The van der Waals surface area contributed by atoms with Gasteiger partial charge in [0.2, 0.25) is 0 Å². The summed E-state index contributed by atoms with van der Waals surface area (Å²) in [6.07, 6.45) is 2.09. The SMILES string of the molecule is CCC1(CC)c2cc(-c3nc4ccccc4s3)ccc2-c2ccc(N(c3ccccc3)c3c(C)cccc3C)cc21. The molecule has 0 radical (unpaired) electrons. The standard InChI is InChI=1S/C38H34N2S/c1-5-38(6-2)32-23-27(37-39-34-17-10-11-18-35(34)41-37)19-21-30(32)31-22-20-29(24-33(31)38)40(28-15-8-7-9-16-28)36-25(3)13-12-14-26(36)4/h7-24H,5-6H2,1-4H3. The van der Waals surface area contributed by atoms with Crippen molar-refractivity contribution < 1.29 is 0 Å². The van der Waals surface area contributed by atoms with Crippen LogP contribution in [0.3, 0.4) is 0 Å². The summed E-state index contributed by atoms with van der Waals surface area (Å²) in [5, 5.41) is 1.09. The predicted octanol–water partition coefficient (Wildman–Crippen LogP) is 11.1. The van der Waals surface area contributed by atoms with Crippen molar-refractivity contribution in [2.45, 2.75) is 46.0 Å². The molecule has 0 saturated carbocycles. The molecule has 41 heavy (non-hydrogen) atoms. The van der Waals surface area contributed by atoms with Crippen molar-refractivity contribution in [2.24, 2.45) is 0 Å². The summed E-state index contributed by atoms with van der Waals surface area (Å²) < 4.78 is 1.24. The lowest BCUT2D eigenvalue weighted by Crippen LogP contribution is -2.23. The van der Waals surface area contributed by atoms with Gasteiger partial charge in [0.1, 0.15) is 5.01 Å². The van der Waals surface area contributed by atoms with E-state index in [0.717, 1.165) is 23.4 Å². The van der Waals surface area contributed by atoms with Gasteiger partial charge in [-0.2, -0.15) is 0 Å². The highest BCUT2D eigenvalue weighted by Crippen LogP contribution is 2.55. The van der Waals surface area contributed by atoms with Gasteiger partial charge in [0, 0.05) is 22.4 Å². The topological polar surface area (TPSA) is 16.1 Å². The third-order valence-electron chi connectivity index (χ3n) is 9.03. The number of nitrogens with zero attached hydrogens (tertiary/aromatic N) is 2. The van der Waals surface area contributed by atoms with Gasteiger partial charge in [-0.05, 0) is 103 Å². The molecular formula is C38H34N2S. The van der Waals surface area contributed by atoms with Crippen LogP contribution in [0.15, 0.2) is 109 Å². The van der Waals surface area contributed by atoms with Crippen LogP contribution in [-0.2, 0) is 5.41 Å². The Hall–Kier alpha value is -4.21. The lowest BCUT2D eigenvalue weighted by molar-refractivity contribution is 0.490. The number of fused-ring (bicyclic) bond motifs is 4. The first kappa shape index (κ1) is 25.7. The van der Waals surface area contributed by atoms with Gasteiger partial charge in [0.05, 0.1) is 15.9 Å². The van der Waals surface area contributed by atoms with Gasteiger partial charge < -0.3 is 4.90 Å². The second kappa shape index (κ2) is 10.0. The average Bonchev–Trinajstić information content (AvgIpc) is 3.56. The lowest BCUT2D eigenvalue weighted by atomic mass is 9.73. The monoisotopic (exact) mass is 550 g/mol. The Labute approximate surface area is 247 Å². The molecule has 0 bridgehead atoms. The third-order valence-corrected chi connectivity index (χ3v) is 10.1. The molecule has 1 aromatic heterocycles. The molecule has 6 aromatic rings. The van der Waals surface area contributed by atoms with Crippen LogP contribution in [0.1, 0.15) is 48.9 Å². The maximum absolute atomic E-state index is 4.99. The van der Waals surface area contributed by atoms with Gasteiger partial charge in [-0.1, -0.05) is 80.6 Å². The Morgan fingerprint density at radius 2 is 1.32 bits per heavy atom. The summed E-state index contributed by atoms with van der Waals surface area (Å²) in [5.41, 5.74) is 14.0. The Bertz CT molecular complexity index is 1840. The molecule has 0 fully saturated rings. The van der Waals surface area contributed by atoms with Crippen LogP contribution in [0, 0.1) is 13.8 Å². The molecule has 0 aliphatic heterocycles. The van der Waals surface area contributed by atoms with Crippen molar-refractivity contribution in [3.8, 4) is 21.7 Å². The van der Waals surface area contributed by atoms with E-state index in [-0.39, 0.29) is 5.41 Å². The zero-order chi connectivity index (χ0) is 28.1. The van der Waals surface area contributed by atoms with E-state index < -0.39 is 0 Å². The molecule has 5 aromatic carbocycles. The van der Waals surface area contributed by atoms with Crippen LogP contribution in [0.4, 0.5) is 17.1 Å². The summed E-state index contributed by atoms with van der Waals surface area (Å²) >= 11 is 1.78. The molecule has 3 heteroatoms. The minimum atomic E-state index is -0.0451. The van der Waals surface area contributed by atoms with Gasteiger partial charge in [-0.15, -0.1) is 11.3 Å². The lowest BCUT2D eigenvalue weighted by Gasteiger charge is -2.32. The Morgan fingerprint density at radius 1 is 0.659 bits per heavy atom. The minimum Gasteiger partial charge on any atom is -0.310 e. The number of aromatic nitrogens is 1. The Kier molecular flexibility index (Phi) is 6.28. The molecule has 0 atom stereocenters. The molecule has 0 unspecified atom stereocenters. The van der Waals surface area contributed by atoms with Crippen molar-refractivity contribution in [3.05, 3.63) is 131 Å². The molecular weight excluding hydrogens is 516 g/mol. The maximum atomic E-state index is 4.99. The van der Waals surface area contributed by atoms with Crippen LogP contribution in [0.2, 0.25) is 0 Å². The van der Waals surface area contributed by atoms with Crippen LogP contribution < -0.4 is 4.90 Å². The Balaban J connectivity index is 1.40. The molecule has 202 valence electrons. The zero-order valence-corrected chi connectivity index (χ0v) is 24.9. The van der Waals surface area contributed by atoms with Gasteiger partial charge in [-0.3, -0.25) is 0 Å². The summed E-state index contributed by atoms with van der Waals surface area (Å²) in [5.74, 6) is 0. The zero-order valence-electron chi connectivity index (χ0n) is 24.1. The predicted molar refractivity (Wildman–Crippen MR) is 176 cm³/mol. The van der Waals surface area contributed by atoms with Crippen molar-refractivity contribution in [2.75, 3.05) is 4.90 Å². The highest BCUT2D eigenvalue weighted by molar-refractivity contribution is 7.21. The molecule has 1 aliphatic carbocycles. The van der Waals surface area contributed by atoms with Crippen molar-refractivity contribution in [3.63, 3.8) is 0 Å². The van der Waals surface area contributed by atoms with Crippen molar-refractivity contribution in [1.29, 1.82) is 0 Å². The van der Waals surface area contributed by atoms with Crippen LogP contribution >= 0.6 is 11.3 Å². The number of anilines is 3. The van der Waals surface area contributed by atoms with Crippen molar-refractivity contribution >= 4 is 38.6 Å². The first-order chi connectivity index (χ1) is 20.0. The van der Waals surface area contributed by atoms with E-state index in [2.05, 4.69) is 142 Å². The first-order valence-electron chi connectivity index (χ1n) is 14.6. The molecule has 1 aliphatic rings. The summed E-state index contributed by atoms with van der Waals surface area (Å²) in [6, 6.07) is 40.0. The number of hydrogen-bond donors (Lipinski definition) is 0. The van der Waals surface area contributed by atoms with E-state index in [9.17, 15) is 0 Å². The normalized spacial score (nSPS) is 13.3. The van der Waals surface area contributed by atoms with E-state index >= 15 is 0 Å². The van der Waals surface area contributed by atoms with Crippen LogP contribution in [0.25, 0.3) is 31.9 Å². The van der Waals surface area contributed by atoms with E-state index in [0.29, 0.717) is 0 Å². The molecule has 7 rings (SSSR count). The van der Waals surface area contributed by atoms with Crippen LogP contribution in [-0.4, -0.2) is 4.98 Å². The second-order valence-electron chi connectivity index (χ2n) is 11.2. The number of para-hydroxylation sites is 3. The fourth-order valence-electron chi connectivity index (χ4n) is 6.91. The number of rotatable bonds is 6. The van der Waals surface area contributed by atoms with Gasteiger partial charge in [-0.25, -0.2) is 4.98 Å². The Morgan fingerprint density at radius 3 is 2.02 bits per heavy atom. The average molecular weight is 551 g/mol. The molecule has 2 nitrogen and oxygen atoms in total. The fourth-order valence-corrected chi connectivity index (χ4v) is 7.87. The maximum Gasteiger partial charge on any atom is 0.124 e. The largest absolute Gasteiger partial charge is 0.310 e. The van der Waals surface area contributed by atoms with Gasteiger partial charge >= 0.3 is 0 Å². The number of aryl methyl sites for hydroxylation is 2. The molecule has 1 heterocycles. The minimum absolute atomic E-state index is 0.0451. The van der Waals surface area contributed by atoms with E-state index in [4.69, 9.17) is 4.98 Å². The second-order valence-corrected chi connectivity index (χ2v) is 12.2. The highest BCUT2D eigenvalue weighted by atomic mass is 32.1. The number of benzene rings is 5.